The topological polar surface area (TPSA) is 20.2 Å². The van der Waals surface area contributed by atoms with E-state index in [9.17, 15) is 5.11 Å². The molecule has 0 bridgehead atoms. The van der Waals surface area contributed by atoms with Gasteiger partial charge in [-0.2, -0.15) is 0 Å². The van der Waals surface area contributed by atoms with Crippen LogP contribution in [0.5, 0.6) is 0 Å². The first kappa shape index (κ1) is 14.8. The fourth-order valence-corrected chi connectivity index (χ4v) is 2.50. The lowest BCUT2D eigenvalue weighted by atomic mass is 9.90. The molecule has 1 nitrogen and oxygen atoms in total. The van der Waals surface area contributed by atoms with Crippen LogP contribution in [0.25, 0.3) is 0 Å². The van der Waals surface area contributed by atoms with Crippen LogP contribution in [0.3, 0.4) is 0 Å². The van der Waals surface area contributed by atoms with Crippen molar-refractivity contribution in [3.05, 3.63) is 71.3 Å². The van der Waals surface area contributed by atoms with E-state index in [0.29, 0.717) is 5.92 Å². The molecular weight excluding hydrogens is 244 g/mol. The number of hydrogen-bond acceptors (Lipinski definition) is 1. The van der Waals surface area contributed by atoms with Crippen molar-refractivity contribution in [1.82, 2.24) is 0 Å². The Morgan fingerprint density at radius 3 is 1.95 bits per heavy atom. The van der Waals surface area contributed by atoms with Gasteiger partial charge in [-0.05, 0) is 34.9 Å². The summed E-state index contributed by atoms with van der Waals surface area (Å²) in [5.74, 6) is 0.777. The van der Waals surface area contributed by atoms with Crippen LogP contribution < -0.4 is 0 Å². The fraction of sp³-hybridized carbons (Fsp3) is 0.368. The molecule has 0 saturated heterocycles. The quantitative estimate of drug-likeness (QED) is 0.831. The van der Waals surface area contributed by atoms with E-state index in [-0.39, 0.29) is 5.92 Å². The third-order valence-electron chi connectivity index (χ3n) is 3.88. The van der Waals surface area contributed by atoms with Crippen molar-refractivity contribution in [1.29, 1.82) is 0 Å². The number of aliphatic hydroxyl groups is 1. The first-order chi connectivity index (χ1) is 9.58. The fourth-order valence-electron chi connectivity index (χ4n) is 2.50. The molecule has 2 rings (SSSR count). The average Bonchev–Trinajstić information content (AvgIpc) is 2.48. The van der Waals surface area contributed by atoms with Crippen LogP contribution in [-0.4, -0.2) is 5.11 Å². The van der Waals surface area contributed by atoms with E-state index in [1.54, 1.807) is 0 Å². The van der Waals surface area contributed by atoms with Gasteiger partial charge >= 0.3 is 0 Å². The highest BCUT2D eigenvalue weighted by Gasteiger charge is 2.16. The smallest absolute Gasteiger partial charge is 0.0818 e. The van der Waals surface area contributed by atoms with Gasteiger partial charge in [0.05, 0.1) is 6.10 Å². The van der Waals surface area contributed by atoms with Crippen LogP contribution in [0.15, 0.2) is 54.6 Å². The number of rotatable bonds is 5. The summed E-state index contributed by atoms with van der Waals surface area (Å²) in [4.78, 5) is 0. The Kier molecular flexibility index (Phi) is 4.97. The van der Waals surface area contributed by atoms with Crippen LogP contribution in [0.4, 0.5) is 0 Å². The number of hydrogen-bond donors (Lipinski definition) is 1. The summed E-state index contributed by atoms with van der Waals surface area (Å²) in [6, 6.07) is 18.7. The number of aliphatic hydroxyl groups excluding tert-OH is 1. The van der Waals surface area contributed by atoms with Gasteiger partial charge < -0.3 is 5.11 Å². The van der Waals surface area contributed by atoms with Crippen LogP contribution in [0.2, 0.25) is 0 Å². The molecule has 0 aliphatic rings. The minimum Gasteiger partial charge on any atom is -0.388 e. The Morgan fingerprint density at radius 1 is 0.800 bits per heavy atom. The normalized spacial score (nSPS) is 14.2. The molecule has 0 aromatic heterocycles. The minimum atomic E-state index is -0.402. The van der Waals surface area contributed by atoms with E-state index in [0.717, 1.165) is 12.0 Å². The summed E-state index contributed by atoms with van der Waals surface area (Å²) >= 11 is 0. The van der Waals surface area contributed by atoms with Gasteiger partial charge in [0.2, 0.25) is 0 Å². The molecule has 2 aromatic carbocycles. The third kappa shape index (κ3) is 3.71. The Labute approximate surface area is 122 Å². The van der Waals surface area contributed by atoms with Gasteiger partial charge in [-0.1, -0.05) is 75.4 Å². The lowest BCUT2D eigenvalue weighted by Gasteiger charge is -2.19. The highest BCUT2D eigenvalue weighted by atomic mass is 16.3. The molecule has 20 heavy (non-hydrogen) atoms. The van der Waals surface area contributed by atoms with Gasteiger partial charge in [-0.25, -0.2) is 0 Å². The van der Waals surface area contributed by atoms with E-state index >= 15 is 0 Å². The highest BCUT2D eigenvalue weighted by Crippen LogP contribution is 2.25. The second kappa shape index (κ2) is 6.71. The SMILES string of the molecule is CC(C)c1ccc(CC(C)C(O)c2ccccc2)cc1. The lowest BCUT2D eigenvalue weighted by Crippen LogP contribution is -2.12. The molecule has 0 spiro atoms. The van der Waals surface area contributed by atoms with Crippen molar-refractivity contribution in [2.75, 3.05) is 0 Å². The maximum Gasteiger partial charge on any atom is 0.0818 e. The maximum atomic E-state index is 10.4. The summed E-state index contributed by atoms with van der Waals surface area (Å²) in [6.45, 7) is 6.52. The van der Waals surface area contributed by atoms with E-state index < -0.39 is 6.10 Å². The molecule has 0 aliphatic carbocycles. The van der Waals surface area contributed by atoms with E-state index in [2.05, 4.69) is 45.0 Å². The Hall–Kier alpha value is -1.60. The minimum absolute atomic E-state index is 0.210. The van der Waals surface area contributed by atoms with Crippen molar-refractivity contribution in [3.8, 4) is 0 Å². The molecule has 0 radical (unpaired) electrons. The molecule has 1 N–H and O–H groups in total. The molecule has 106 valence electrons. The Bertz CT molecular complexity index is 513. The summed E-state index contributed by atoms with van der Waals surface area (Å²) in [5, 5.41) is 10.4. The van der Waals surface area contributed by atoms with Crippen molar-refractivity contribution in [2.45, 2.75) is 39.2 Å². The molecule has 0 amide bonds. The summed E-state index contributed by atoms with van der Waals surface area (Å²) in [6.07, 6.45) is 0.495. The largest absolute Gasteiger partial charge is 0.388 e. The van der Waals surface area contributed by atoms with Crippen molar-refractivity contribution in [2.24, 2.45) is 5.92 Å². The van der Waals surface area contributed by atoms with E-state index in [4.69, 9.17) is 0 Å². The van der Waals surface area contributed by atoms with Crippen molar-refractivity contribution >= 4 is 0 Å². The standard InChI is InChI=1S/C19H24O/c1-14(2)17-11-9-16(10-12-17)13-15(3)19(20)18-7-5-4-6-8-18/h4-12,14-15,19-20H,13H2,1-3H3. The molecule has 0 aliphatic heterocycles. The van der Waals surface area contributed by atoms with Crippen LogP contribution in [0, 0.1) is 5.92 Å². The second-order valence-electron chi connectivity index (χ2n) is 5.93. The molecule has 1 heteroatoms. The first-order valence-electron chi connectivity index (χ1n) is 7.39. The molecule has 0 heterocycles. The second-order valence-corrected chi connectivity index (χ2v) is 5.93. The zero-order chi connectivity index (χ0) is 14.5. The van der Waals surface area contributed by atoms with Gasteiger partial charge in [0.25, 0.3) is 0 Å². The molecule has 2 aromatic rings. The Balaban J connectivity index is 2.02. The van der Waals surface area contributed by atoms with Crippen LogP contribution in [0.1, 0.15) is 49.5 Å². The van der Waals surface area contributed by atoms with Gasteiger partial charge in [0, 0.05) is 0 Å². The Morgan fingerprint density at radius 2 is 1.40 bits per heavy atom. The zero-order valence-corrected chi connectivity index (χ0v) is 12.6. The molecule has 0 saturated carbocycles. The molecular formula is C19H24O. The summed E-state index contributed by atoms with van der Waals surface area (Å²) in [5.41, 5.74) is 3.65. The monoisotopic (exact) mass is 268 g/mol. The highest BCUT2D eigenvalue weighted by molar-refractivity contribution is 5.25. The zero-order valence-electron chi connectivity index (χ0n) is 12.6. The molecule has 2 atom stereocenters. The maximum absolute atomic E-state index is 10.4. The summed E-state index contributed by atoms with van der Waals surface area (Å²) < 4.78 is 0. The van der Waals surface area contributed by atoms with Gasteiger partial charge in [0.1, 0.15) is 0 Å². The predicted molar refractivity (Wildman–Crippen MR) is 84.8 cm³/mol. The lowest BCUT2D eigenvalue weighted by molar-refractivity contribution is 0.117. The van der Waals surface area contributed by atoms with Crippen LogP contribution in [-0.2, 0) is 6.42 Å². The molecule has 0 fully saturated rings. The third-order valence-corrected chi connectivity index (χ3v) is 3.88. The van der Waals surface area contributed by atoms with E-state index in [1.807, 2.05) is 30.3 Å². The van der Waals surface area contributed by atoms with Gasteiger partial charge in [0.15, 0.2) is 0 Å². The van der Waals surface area contributed by atoms with Crippen LogP contribution >= 0.6 is 0 Å². The van der Waals surface area contributed by atoms with Crippen molar-refractivity contribution < 1.29 is 5.11 Å². The summed E-state index contributed by atoms with van der Waals surface area (Å²) in [7, 11) is 0. The predicted octanol–water partition coefficient (Wildman–Crippen LogP) is 4.72. The van der Waals surface area contributed by atoms with E-state index in [1.165, 1.54) is 11.1 Å². The van der Waals surface area contributed by atoms with Crippen molar-refractivity contribution in [3.63, 3.8) is 0 Å². The molecule has 2 unspecified atom stereocenters. The first-order valence-corrected chi connectivity index (χ1v) is 7.39. The van der Waals surface area contributed by atoms with Gasteiger partial charge in [-0.3, -0.25) is 0 Å². The average molecular weight is 268 g/mol. The number of benzene rings is 2. The van der Waals surface area contributed by atoms with Gasteiger partial charge in [-0.15, -0.1) is 0 Å².